The molecular weight excluding hydrogens is 312 g/mol. The van der Waals surface area contributed by atoms with Gasteiger partial charge in [0, 0.05) is 31.7 Å². The summed E-state index contributed by atoms with van der Waals surface area (Å²) in [6.07, 6.45) is 0. The summed E-state index contributed by atoms with van der Waals surface area (Å²) >= 11 is 6.21. The van der Waals surface area contributed by atoms with Crippen LogP contribution < -0.4 is 5.32 Å². The highest BCUT2D eigenvalue weighted by molar-refractivity contribution is 6.31. The Morgan fingerprint density at radius 2 is 2.13 bits per heavy atom. The van der Waals surface area contributed by atoms with E-state index >= 15 is 0 Å². The molecular formula is C17H23ClN4O. The van der Waals surface area contributed by atoms with Crippen molar-refractivity contribution in [3.63, 3.8) is 0 Å². The smallest absolute Gasteiger partial charge is 0.194 e. The molecule has 0 aliphatic carbocycles. The van der Waals surface area contributed by atoms with Gasteiger partial charge in [0.2, 0.25) is 0 Å². The van der Waals surface area contributed by atoms with E-state index in [0.29, 0.717) is 19.0 Å². The fraction of sp³-hybridized carbons (Fsp3) is 0.412. The molecule has 1 heterocycles. The first-order valence-corrected chi connectivity index (χ1v) is 7.99. The summed E-state index contributed by atoms with van der Waals surface area (Å²) in [6, 6.07) is 9.78. The highest BCUT2D eigenvalue weighted by atomic mass is 35.5. The van der Waals surface area contributed by atoms with Crippen molar-refractivity contribution < 1.29 is 4.52 Å². The monoisotopic (exact) mass is 334 g/mol. The van der Waals surface area contributed by atoms with E-state index in [0.717, 1.165) is 28.0 Å². The minimum Gasteiger partial charge on any atom is -0.359 e. The second-order valence-electron chi connectivity index (χ2n) is 5.72. The van der Waals surface area contributed by atoms with Gasteiger partial charge in [0.1, 0.15) is 0 Å². The van der Waals surface area contributed by atoms with E-state index in [2.05, 4.69) is 29.3 Å². The van der Waals surface area contributed by atoms with Crippen molar-refractivity contribution >= 4 is 17.6 Å². The van der Waals surface area contributed by atoms with Gasteiger partial charge in [-0.2, -0.15) is 0 Å². The van der Waals surface area contributed by atoms with Crippen molar-refractivity contribution in [2.75, 3.05) is 14.1 Å². The van der Waals surface area contributed by atoms with Crippen LogP contribution in [0, 0.1) is 0 Å². The van der Waals surface area contributed by atoms with Crippen LogP contribution in [0.25, 0.3) is 0 Å². The highest BCUT2D eigenvalue weighted by Gasteiger charge is 2.11. The van der Waals surface area contributed by atoms with Gasteiger partial charge in [-0.15, -0.1) is 0 Å². The maximum absolute atomic E-state index is 6.21. The lowest BCUT2D eigenvalue weighted by Crippen LogP contribution is -2.38. The Balaban J connectivity index is 1.95. The number of aliphatic imine (C=N–C) groups is 1. The molecule has 0 saturated heterocycles. The van der Waals surface area contributed by atoms with Crippen LogP contribution in [0.5, 0.6) is 0 Å². The average molecular weight is 335 g/mol. The van der Waals surface area contributed by atoms with Gasteiger partial charge in [0.05, 0.1) is 12.2 Å². The number of benzene rings is 1. The molecule has 124 valence electrons. The fourth-order valence-electron chi connectivity index (χ4n) is 2.19. The lowest BCUT2D eigenvalue weighted by atomic mass is 10.1. The summed E-state index contributed by atoms with van der Waals surface area (Å²) in [6.45, 7) is 5.39. The zero-order valence-electron chi connectivity index (χ0n) is 14.0. The van der Waals surface area contributed by atoms with Crippen molar-refractivity contribution in [1.29, 1.82) is 0 Å². The summed E-state index contributed by atoms with van der Waals surface area (Å²) in [4.78, 5) is 6.31. The van der Waals surface area contributed by atoms with Crippen molar-refractivity contribution in [3.8, 4) is 0 Å². The molecule has 1 aromatic carbocycles. The van der Waals surface area contributed by atoms with Crippen LogP contribution in [-0.2, 0) is 13.1 Å². The third kappa shape index (κ3) is 4.73. The maximum atomic E-state index is 6.21. The Morgan fingerprint density at radius 1 is 1.39 bits per heavy atom. The maximum Gasteiger partial charge on any atom is 0.194 e. The quantitative estimate of drug-likeness (QED) is 0.669. The average Bonchev–Trinajstić information content (AvgIpc) is 2.99. The van der Waals surface area contributed by atoms with E-state index < -0.39 is 0 Å². The summed E-state index contributed by atoms with van der Waals surface area (Å²) in [7, 11) is 3.73. The Hall–Kier alpha value is -2.01. The lowest BCUT2D eigenvalue weighted by Gasteiger charge is -2.22. The topological polar surface area (TPSA) is 53.7 Å². The third-order valence-electron chi connectivity index (χ3n) is 3.53. The number of nitrogens with zero attached hydrogens (tertiary/aromatic N) is 3. The van der Waals surface area contributed by atoms with Crippen LogP contribution in [0.3, 0.4) is 0 Å². The second-order valence-corrected chi connectivity index (χ2v) is 6.13. The SMILES string of the molecule is CN=C(NCc1cc(C(C)C)no1)N(C)Cc1ccccc1Cl. The molecule has 5 nitrogen and oxygen atoms in total. The zero-order chi connectivity index (χ0) is 16.8. The Morgan fingerprint density at radius 3 is 2.74 bits per heavy atom. The summed E-state index contributed by atoms with van der Waals surface area (Å²) in [5, 5.41) is 8.09. The summed E-state index contributed by atoms with van der Waals surface area (Å²) in [5.41, 5.74) is 2.02. The van der Waals surface area contributed by atoms with Crippen molar-refractivity contribution in [2.45, 2.75) is 32.9 Å². The highest BCUT2D eigenvalue weighted by Crippen LogP contribution is 2.17. The van der Waals surface area contributed by atoms with Crippen molar-refractivity contribution in [2.24, 2.45) is 4.99 Å². The number of hydrogen-bond donors (Lipinski definition) is 1. The first-order valence-electron chi connectivity index (χ1n) is 7.62. The van der Waals surface area contributed by atoms with Crippen LogP contribution in [0.2, 0.25) is 5.02 Å². The Bertz CT molecular complexity index is 666. The number of aromatic nitrogens is 1. The predicted octanol–water partition coefficient (Wildman–Crippen LogP) is 3.66. The predicted molar refractivity (Wildman–Crippen MR) is 93.7 cm³/mol. The number of guanidine groups is 1. The molecule has 6 heteroatoms. The number of halogens is 1. The molecule has 1 N–H and O–H groups in total. The fourth-order valence-corrected chi connectivity index (χ4v) is 2.39. The first-order chi connectivity index (χ1) is 11.0. The molecule has 2 aromatic rings. The molecule has 1 aromatic heterocycles. The largest absolute Gasteiger partial charge is 0.359 e. The molecule has 0 unspecified atom stereocenters. The van der Waals surface area contributed by atoms with Gasteiger partial charge in [0.15, 0.2) is 11.7 Å². The number of rotatable bonds is 5. The van der Waals surface area contributed by atoms with E-state index in [-0.39, 0.29) is 0 Å². The summed E-state index contributed by atoms with van der Waals surface area (Å²) in [5.74, 6) is 1.92. The minimum absolute atomic E-state index is 0.356. The van der Waals surface area contributed by atoms with E-state index in [9.17, 15) is 0 Å². The molecule has 23 heavy (non-hydrogen) atoms. The van der Waals surface area contributed by atoms with Gasteiger partial charge in [0.25, 0.3) is 0 Å². The minimum atomic E-state index is 0.356. The van der Waals surface area contributed by atoms with Gasteiger partial charge >= 0.3 is 0 Å². The molecule has 0 fully saturated rings. The van der Waals surface area contributed by atoms with Crippen molar-refractivity contribution in [1.82, 2.24) is 15.4 Å². The first kappa shape index (κ1) is 17.3. The van der Waals surface area contributed by atoms with Crippen molar-refractivity contribution in [3.05, 3.63) is 52.4 Å². The third-order valence-corrected chi connectivity index (χ3v) is 3.90. The van der Waals surface area contributed by atoms with Crippen LogP contribution in [0.4, 0.5) is 0 Å². The number of hydrogen-bond acceptors (Lipinski definition) is 3. The molecule has 0 aliphatic heterocycles. The van der Waals surface area contributed by atoms with Gasteiger partial charge in [-0.05, 0) is 17.5 Å². The van der Waals surface area contributed by atoms with E-state index in [1.54, 1.807) is 7.05 Å². The summed E-state index contributed by atoms with van der Waals surface area (Å²) < 4.78 is 5.33. The van der Waals surface area contributed by atoms with E-state index in [1.165, 1.54) is 0 Å². The van der Waals surface area contributed by atoms with Crippen LogP contribution in [0.1, 0.15) is 36.8 Å². The molecule has 0 radical (unpaired) electrons. The normalized spacial score (nSPS) is 11.8. The molecule has 0 spiro atoms. The lowest BCUT2D eigenvalue weighted by molar-refractivity contribution is 0.369. The standard InChI is InChI=1S/C17H23ClN4O/c1-12(2)16-9-14(23-21-16)10-20-17(19-3)22(4)11-13-7-5-6-8-15(13)18/h5-9,12H,10-11H2,1-4H3,(H,19,20). The van der Waals surface area contributed by atoms with Crippen LogP contribution in [0.15, 0.2) is 39.8 Å². The van der Waals surface area contributed by atoms with Gasteiger partial charge < -0.3 is 14.7 Å². The zero-order valence-corrected chi connectivity index (χ0v) is 14.8. The van der Waals surface area contributed by atoms with Gasteiger partial charge in [-0.3, -0.25) is 4.99 Å². The molecule has 0 saturated carbocycles. The Labute approximate surface area is 142 Å². The second kappa shape index (κ2) is 8.02. The molecule has 0 aliphatic rings. The van der Waals surface area contributed by atoms with E-state index in [1.807, 2.05) is 42.3 Å². The molecule has 2 rings (SSSR count). The molecule has 0 atom stereocenters. The van der Waals surface area contributed by atoms with E-state index in [4.69, 9.17) is 16.1 Å². The van der Waals surface area contributed by atoms with Crippen LogP contribution in [-0.4, -0.2) is 30.1 Å². The van der Waals surface area contributed by atoms with Crippen LogP contribution >= 0.6 is 11.6 Å². The molecule has 0 bridgehead atoms. The number of nitrogens with one attached hydrogen (secondary N) is 1. The Kier molecular flexibility index (Phi) is 6.04. The van der Waals surface area contributed by atoms with Gasteiger partial charge in [-0.1, -0.05) is 48.8 Å². The molecule has 0 amide bonds. The van der Waals surface area contributed by atoms with Gasteiger partial charge in [-0.25, -0.2) is 0 Å².